The van der Waals surface area contributed by atoms with Gasteiger partial charge in [-0.05, 0) is 25.7 Å². The molecule has 0 N–H and O–H groups in total. The van der Waals surface area contributed by atoms with Gasteiger partial charge in [0, 0.05) is 32.0 Å². The van der Waals surface area contributed by atoms with Gasteiger partial charge >= 0.3 is 0 Å². The van der Waals surface area contributed by atoms with Gasteiger partial charge in [0.1, 0.15) is 0 Å². The predicted molar refractivity (Wildman–Crippen MR) is 85.6 cm³/mol. The van der Waals surface area contributed by atoms with E-state index in [2.05, 4.69) is 19.1 Å². The number of carbonyl (C=O) groups excluding carboxylic acids is 2. The van der Waals surface area contributed by atoms with Crippen LogP contribution in [0.4, 0.5) is 0 Å². The summed E-state index contributed by atoms with van der Waals surface area (Å²) in [5.74, 6) is -1.79. The smallest absolute Gasteiger partial charge is 0.257 e. The Labute approximate surface area is 137 Å². The van der Waals surface area contributed by atoms with E-state index < -0.39 is 5.79 Å². The lowest BCUT2D eigenvalue weighted by atomic mass is 9.58. The van der Waals surface area contributed by atoms with Crippen molar-refractivity contribution in [1.82, 2.24) is 4.90 Å². The molecule has 5 nitrogen and oxygen atoms in total. The molecule has 1 amide bonds. The first kappa shape index (κ1) is 16.4. The zero-order chi connectivity index (χ0) is 16.8. The third-order valence-corrected chi connectivity index (χ3v) is 5.60. The molecule has 0 aromatic rings. The van der Waals surface area contributed by atoms with Crippen molar-refractivity contribution in [1.29, 1.82) is 0 Å². The van der Waals surface area contributed by atoms with Crippen LogP contribution in [-0.2, 0) is 19.1 Å². The summed E-state index contributed by atoms with van der Waals surface area (Å²) < 4.78 is 11.5. The van der Waals surface area contributed by atoms with Crippen LogP contribution in [-0.4, -0.2) is 49.2 Å². The van der Waals surface area contributed by atoms with Crippen molar-refractivity contribution >= 4 is 11.7 Å². The first-order chi connectivity index (χ1) is 10.9. The Morgan fingerprint density at radius 3 is 2.74 bits per heavy atom. The first-order valence-corrected chi connectivity index (χ1v) is 8.36. The maximum atomic E-state index is 13.1. The lowest BCUT2D eigenvalue weighted by Crippen LogP contribution is -2.58. The Bertz CT molecular complexity index is 592. The zero-order valence-electron chi connectivity index (χ0n) is 14.3. The van der Waals surface area contributed by atoms with Gasteiger partial charge in [0.2, 0.25) is 11.6 Å². The first-order valence-electron chi connectivity index (χ1n) is 8.36. The summed E-state index contributed by atoms with van der Waals surface area (Å²) in [5, 5.41) is 0. The number of ether oxygens (including phenoxy) is 2. The molecule has 23 heavy (non-hydrogen) atoms. The van der Waals surface area contributed by atoms with Crippen molar-refractivity contribution in [3.8, 4) is 0 Å². The lowest BCUT2D eigenvalue weighted by molar-refractivity contribution is -0.223. The number of hydrogen-bond donors (Lipinski definition) is 0. The summed E-state index contributed by atoms with van der Waals surface area (Å²) in [6.45, 7) is 7.52. The van der Waals surface area contributed by atoms with Gasteiger partial charge in [-0.25, -0.2) is 0 Å². The number of Topliss-reactive ketones (excluding diaryl/α,β-unsaturated/α-hetero) is 1. The van der Waals surface area contributed by atoms with Crippen LogP contribution >= 0.6 is 0 Å². The number of carbonyl (C=O) groups is 2. The number of likely N-dealkylation sites (N-methyl/N-ethyl adjacent to an activating group) is 1. The number of allylic oxidation sites excluding steroid dienone is 2. The molecule has 1 fully saturated rings. The van der Waals surface area contributed by atoms with Gasteiger partial charge in [0.15, 0.2) is 0 Å². The van der Waals surface area contributed by atoms with Crippen molar-refractivity contribution in [3.63, 3.8) is 0 Å². The topological polar surface area (TPSA) is 55.8 Å². The van der Waals surface area contributed by atoms with Gasteiger partial charge < -0.3 is 14.4 Å². The molecule has 0 aromatic heterocycles. The number of hydrogen-bond acceptors (Lipinski definition) is 4. The quantitative estimate of drug-likeness (QED) is 0.587. The van der Waals surface area contributed by atoms with Crippen LogP contribution in [0, 0.1) is 17.3 Å². The second-order valence-corrected chi connectivity index (χ2v) is 6.83. The van der Waals surface area contributed by atoms with Gasteiger partial charge in [0.05, 0.1) is 12.2 Å². The number of nitrogens with zero attached hydrogens (tertiary/aromatic N) is 1. The van der Waals surface area contributed by atoms with Gasteiger partial charge in [0.25, 0.3) is 5.91 Å². The normalized spacial score (nSPS) is 38.3. The highest BCUT2D eigenvalue weighted by Crippen LogP contribution is 2.57. The number of amides is 1. The van der Waals surface area contributed by atoms with E-state index in [0.29, 0.717) is 19.7 Å². The molecule has 0 radical (unpaired) electrons. The minimum Gasteiger partial charge on any atom is -0.346 e. The average molecular weight is 319 g/mol. The third-order valence-electron chi connectivity index (χ3n) is 5.60. The summed E-state index contributed by atoms with van der Waals surface area (Å²) in [4.78, 5) is 27.6. The Morgan fingerprint density at radius 1 is 1.43 bits per heavy atom. The van der Waals surface area contributed by atoms with E-state index in [1.54, 1.807) is 4.90 Å². The molecule has 0 aromatic carbocycles. The summed E-state index contributed by atoms with van der Waals surface area (Å²) in [6.07, 6.45) is 6.90. The minimum absolute atomic E-state index is 0.0780. The molecule has 0 saturated carbocycles. The molecule has 5 heteroatoms. The van der Waals surface area contributed by atoms with E-state index in [-0.39, 0.29) is 34.5 Å². The van der Waals surface area contributed by atoms with E-state index in [1.807, 2.05) is 19.9 Å². The van der Waals surface area contributed by atoms with Crippen molar-refractivity contribution in [2.24, 2.45) is 17.3 Å². The van der Waals surface area contributed by atoms with Crippen molar-refractivity contribution in [2.75, 3.05) is 26.8 Å². The van der Waals surface area contributed by atoms with Crippen LogP contribution in [0.3, 0.4) is 0 Å². The van der Waals surface area contributed by atoms with Gasteiger partial charge in [-0.15, -0.1) is 0 Å². The number of rotatable bonds is 4. The third kappa shape index (κ3) is 2.13. The molecule has 1 aliphatic heterocycles. The highest BCUT2D eigenvalue weighted by Gasteiger charge is 2.65. The molecular formula is C18H25NO4. The van der Waals surface area contributed by atoms with Crippen molar-refractivity contribution in [2.45, 2.75) is 33.0 Å². The second-order valence-electron chi connectivity index (χ2n) is 6.83. The van der Waals surface area contributed by atoms with Crippen molar-refractivity contribution < 1.29 is 19.1 Å². The maximum absolute atomic E-state index is 13.1. The molecule has 4 atom stereocenters. The standard InChI is InChI=1S/C18H25NO4/c1-5-19(6-2)16(21)13-10-17(3)9-7-8-12-11-23-18(22-4,14(12)17)15(13)20/h7-8,10,12,14H,5-6,9,11H2,1-4H3/t12-,14+,17+,18+/m1/s1. The van der Waals surface area contributed by atoms with Gasteiger partial charge in [-0.3, -0.25) is 9.59 Å². The van der Waals surface area contributed by atoms with Crippen LogP contribution in [0.5, 0.6) is 0 Å². The highest BCUT2D eigenvalue weighted by atomic mass is 16.7. The Balaban J connectivity index is 2.11. The fourth-order valence-corrected chi connectivity index (χ4v) is 4.46. The fourth-order valence-electron chi connectivity index (χ4n) is 4.46. The van der Waals surface area contributed by atoms with E-state index in [1.165, 1.54) is 7.11 Å². The molecule has 3 rings (SSSR count). The highest BCUT2D eigenvalue weighted by molar-refractivity contribution is 6.22. The van der Waals surface area contributed by atoms with E-state index in [4.69, 9.17) is 9.47 Å². The van der Waals surface area contributed by atoms with Crippen molar-refractivity contribution in [3.05, 3.63) is 23.8 Å². The lowest BCUT2D eigenvalue weighted by Gasteiger charge is -2.48. The monoisotopic (exact) mass is 319 g/mol. The largest absolute Gasteiger partial charge is 0.346 e. The van der Waals surface area contributed by atoms with Crippen LogP contribution in [0.15, 0.2) is 23.8 Å². The van der Waals surface area contributed by atoms with E-state index in [9.17, 15) is 9.59 Å². The molecule has 2 aliphatic carbocycles. The van der Waals surface area contributed by atoms with E-state index in [0.717, 1.165) is 6.42 Å². The van der Waals surface area contributed by atoms with Crippen LogP contribution in [0.25, 0.3) is 0 Å². The number of methoxy groups -OCH3 is 1. The summed E-state index contributed by atoms with van der Waals surface area (Å²) >= 11 is 0. The van der Waals surface area contributed by atoms with Gasteiger partial charge in [-0.2, -0.15) is 0 Å². The molecule has 1 heterocycles. The Kier molecular flexibility index (Phi) is 3.97. The zero-order valence-corrected chi connectivity index (χ0v) is 14.3. The molecule has 0 unspecified atom stereocenters. The summed E-state index contributed by atoms with van der Waals surface area (Å²) in [6, 6.07) is 0. The molecule has 3 aliphatic rings. The molecule has 0 spiro atoms. The second kappa shape index (κ2) is 5.56. The average Bonchev–Trinajstić information content (AvgIpc) is 2.94. The van der Waals surface area contributed by atoms with E-state index >= 15 is 0 Å². The molecular weight excluding hydrogens is 294 g/mol. The Hall–Kier alpha value is -1.46. The summed E-state index contributed by atoms with van der Waals surface area (Å²) in [5.41, 5.74) is -0.0944. The maximum Gasteiger partial charge on any atom is 0.257 e. The fraction of sp³-hybridized carbons (Fsp3) is 0.667. The van der Waals surface area contributed by atoms with Crippen LogP contribution < -0.4 is 0 Å². The SMILES string of the molecule is CCN(CC)C(=O)C1=C[C@]2(C)CC=C[C@@H]3CO[C@](OC)(C1=O)[C@@H]32. The van der Waals surface area contributed by atoms with Crippen LogP contribution in [0.1, 0.15) is 27.2 Å². The van der Waals surface area contributed by atoms with Gasteiger partial charge in [-0.1, -0.05) is 25.2 Å². The van der Waals surface area contributed by atoms with Crippen LogP contribution in [0.2, 0.25) is 0 Å². The molecule has 126 valence electrons. The minimum atomic E-state index is -1.32. The summed E-state index contributed by atoms with van der Waals surface area (Å²) in [7, 11) is 1.50. The Morgan fingerprint density at radius 2 is 2.13 bits per heavy atom. The molecule has 0 bridgehead atoms. The predicted octanol–water partition coefficient (Wildman–Crippen LogP) is 1.94. The number of ketones is 1. The molecule has 1 saturated heterocycles.